The average molecular weight is 709 g/mol. The Balaban J connectivity index is 1.14. The lowest BCUT2D eigenvalue weighted by atomic mass is 9.65. The quantitative estimate of drug-likeness (QED) is 0.0628. The molecule has 9 unspecified atom stereocenters. The SMILES string of the molecule is CCC(C)C(=O)OC1CC(C)C=C2C=CC(C)C(CCC3CC(OC(=O)OCCCCOC(=O)CCCCC4CCSS4)CC(=O)O3)C21. The molecule has 2 heterocycles. The summed E-state index contributed by atoms with van der Waals surface area (Å²) >= 11 is 0. The number of fused-ring (bicyclic) bond motifs is 1. The van der Waals surface area contributed by atoms with Crippen LogP contribution in [0.25, 0.3) is 0 Å². The molecule has 2 saturated heterocycles. The van der Waals surface area contributed by atoms with Crippen LogP contribution in [0.1, 0.15) is 111 Å². The van der Waals surface area contributed by atoms with Crippen molar-refractivity contribution in [2.45, 2.75) is 135 Å². The van der Waals surface area contributed by atoms with Crippen LogP contribution in [-0.2, 0) is 38.1 Å². The van der Waals surface area contributed by atoms with Crippen molar-refractivity contribution in [2.24, 2.45) is 29.6 Å². The first-order chi connectivity index (χ1) is 23.1. The zero-order valence-electron chi connectivity index (χ0n) is 29.2. The van der Waals surface area contributed by atoms with Crippen LogP contribution in [0.15, 0.2) is 23.8 Å². The first-order valence-corrected chi connectivity index (χ1v) is 20.6. The van der Waals surface area contributed by atoms with Crippen LogP contribution in [0.2, 0.25) is 0 Å². The standard InChI is InChI=1S/C37H56O9S2/c1-5-25(3)36(40)46-32-21-24(2)20-27-13-12-26(4)31(35(27)32)15-14-28-22-29(23-34(39)44-28)45-37(41)43-18-9-8-17-42-33(38)11-7-6-10-30-16-19-47-48-30/h12-13,20,24-26,28-32,35H,5-11,14-19,21-23H2,1-4H3. The second kappa shape index (κ2) is 19.9. The van der Waals surface area contributed by atoms with Gasteiger partial charge in [0.25, 0.3) is 0 Å². The number of unbranched alkanes of at least 4 members (excludes halogenated alkanes) is 2. The minimum atomic E-state index is -0.799. The predicted molar refractivity (Wildman–Crippen MR) is 188 cm³/mol. The van der Waals surface area contributed by atoms with Crippen molar-refractivity contribution in [1.29, 1.82) is 0 Å². The number of carbonyl (C=O) groups excluding carboxylic acids is 4. The van der Waals surface area contributed by atoms with Gasteiger partial charge in [-0.1, -0.05) is 73.9 Å². The first kappa shape index (κ1) is 38.7. The number of hydrogen-bond donors (Lipinski definition) is 0. The molecule has 9 nitrogen and oxygen atoms in total. The molecule has 0 aromatic carbocycles. The average Bonchev–Trinajstić information content (AvgIpc) is 3.57. The minimum absolute atomic E-state index is 0.00359. The van der Waals surface area contributed by atoms with Crippen molar-refractivity contribution < 1.29 is 42.9 Å². The van der Waals surface area contributed by atoms with Gasteiger partial charge in [0.05, 0.1) is 25.6 Å². The first-order valence-electron chi connectivity index (χ1n) is 18.2. The second-order valence-electron chi connectivity index (χ2n) is 14.0. The Morgan fingerprint density at radius 2 is 1.79 bits per heavy atom. The molecule has 0 N–H and O–H groups in total. The molecule has 0 amide bonds. The lowest BCUT2D eigenvalue weighted by Gasteiger charge is -2.43. The number of rotatable bonds is 17. The van der Waals surface area contributed by atoms with Crippen LogP contribution in [0.5, 0.6) is 0 Å². The smallest absolute Gasteiger partial charge is 0.466 e. The molecule has 2 aliphatic heterocycles. The van der Waals surface area contributed by atoms with E-state index < -0.39 is 12.3 Å². The lowest BCUT2D eigenvalue weighted by molar-refractivity contribution is -0.163. The second-order valence-corrected chi connectivity index (χ2v) is 16.8. The molecular formula is C37H56O9S2. The molecule has 48 heavy (non-hydrogen) atoms. The van der Waals surface area contributed by atoms with E-state index in [1.807, 2.05) is 35.4 Å². The maximum Gasteiger partial charge on any atom is 0.508 e. The van der Waals surface area contributed by atoms with E-state index >= 15 is 0 Å². The van der Waals surface area contributed by atoms with Crippen LogP contribution in [0.4, 0.5) is 4.79 Å². The van der Waals surface area contributed by atoms with Crippen molar-refractivity contribution >= 4 is 45.7 Å². The third kappa shape index (κ3) is 12.3. The number of cyclic esters (lactones) is 1. The van der Waals surface area contributed by atoms with Crippen LogP contribution in [0, 0.1) is 29.6 Å². The van der Waals surface area contributed by atoms with Crippen molar-refractivity contribution in [3.63, 3.8) is 0 Å². The summed E-state index contributed by atoms with van der Waals surface area (Å²) in [5.74, 6) is 1.33. The number of carbonyl (C=O) groups is 4. The zero-order valence-corrected chi connectivity index (χ0v) is 30.9. The number of allylic oxidation sites excluding steroid dienone is 3. The van der Waals surface area contributed by atoms with E-state index in [4.69, 9.17) is 23.7 Å². The largest absolute Gasteiger partial charge is 0.508 e. The van der Waals surface area contributed by atoms with E-state index in [2.05, 4.69) is 32.1 Å². The Bertz CT molecular complexity index is 1130. The molecule has 11 heteroatoms. The monoisotopic (exact) mass is 708 g/mol. The normalized spacial score (nSPS) is 30.4. The third-order valence-electron chi connectivity index (χ3n) is 10.1. The van der Waals surface area contributed by atoms with Gasteiger partial charge in [0.1, 0.15) is 18.3 Å². The summed E-state index contributed by atoms with van der Waals surface area (Å²) in [5, 5.41) is 0.731. The van der Waals surface area contributed by atoms with Gasteiger partial charge >= 0.3 is 24.1 Å². The summed E-state index contributed by atoms with van der Waals surface area (Å²) in [7, 11) is 3.91. The molecule has 270 valence electrons. The molecule has 2 aliphatic carbocycles. The Hall–Kier alpha value is -2.14. The van der Waals surface area contributed by atoms with Gasteiger partial charge in [-0.15, -0.1) is 0 Å². The van der Waals surface area contributed by atoms with Crippen LogP contribution >= 0.6 is 21.6 Å². The maximum atomic E-state index is 12.8. The molecular weight excluding hydrogens is 653 g/mol. The lowest BCUT2D eigenvalue weighted by Crippen LogP contribution is -2.42. The van der Waals surface area contributed by atoms with Gasteiger partial charge in [-0.3, -0.25) is 14.4 Å². The van der Waals surface area contributed by atoms with Gasteiger partial charge in [0, 0.05) is 29.8 Å². The van der Waals surface area contributed by atoms with Crippen LogP contribution in [0.3, 0.4) is 0 Å². The molecule has 9 atom stereocenters. The molecule has 4 aliphatic rings. The third-order valence-corrected chi connectivity index (χ3v) is 13.1. The van der Waals surface area contributed by atoms with Gasteiger partial charge in [-0.2, -0.15) is 0 Å². The predicted octanol–water partition coefficient (Wildman–Crippen LogP) is 8.39. The van der Waals surface area contributed by atoms with Gasteiger partial charge in [0.2, 0.25) is 0 Å². The fraction of sp³-hybridized carbons (Fsp3) is 0.784. The van der Waals surface area contributed by atoms with E-state index in [9.17, 15) is 19.2 Å². The summed E-state index contributed by atoms with van der Waals surface area (Å²) in [6.07, 6.45) is 14.1. The van der Waals surface area contributed by atoms with E-state index in [1.165, 1.54) is 17.7 Å². The summed E-state index contributed by atoms with van der Waals surface area (Å²) in [5.41, 5.74) is 1.23. The molecule has 2 fully saturated rings. The summed E-state index contributed by atoms with van der Waals surface area (Å²) in [6.45, 7) is 8.72. The van der Waals surface area contributed by atoms with Gasteiger partial charge in [-0.05, 0) is 81.1 Å². The highest BCUT2D eigenvalue weighted by atomic mass is 33.1. The van der Waals surface area contributed by atoms with Crippen LogP contribution in [-0.4, -0.2) is 66.6 Å². The molecule has 0 radical (unpaired) electrons. The fourth-order valence-corrected chi connectivity index (χ4v) is 10.2. The number of hydrogen-bond acceptors (Lipinski definition) is 11. The molecule has 0 aromatic rings. The Morgan fingerprint density at radius 3 is 2.54 bits per heavy atom. The Labute approximate surface area is 294 Å². The summed E-state index contributed by atoms with van der Waals surface area (Å²) < 4.78 is 27.9. The molecule has 0 aromatic heterocycles. The highest BCUT2D eigenvalue weighted by molar-refractivity contribution is 8.77. The Kier molecular flexibility index (Phi) is 16.0. The van der Waals surface area contributed by atoms with E-state index in [0.717, 1.165) is 43.8 Å². The van der Waals surface area contributed by atoms with E-state index in [1.54, 1.807) is 0 Å². The molecule has 4 rings (SSSR count). The fourth-order valence-electron chi connectivity index (χ4n) is 7.14. The summed E-state index contributed by atoms with van der Waals surface area (Å²) in [4.78, 5) is 49.6. The van der Waals surface area contributed by atoms with Gasteiger partial charge in [0.15, 0.2) is 0 Å². The number of esters is 3. The highest BCUT2D eigenvalue weighted by Gasteiger charge is 2.42. The van der Waals surface area contributed by atoms with E-state index in [0.29, 0.717) is 44.6 Å². The van der Waals surface area contributed by atoms with Crippen molar-refractivity contribution in [3.8, 4) is 0 Å². The number of ether oxygens (including phenoxy) is 5. The van der Waals surface area contributed by atoms with E-state index in [-0.39, 0.29) is 66.8 Å². The topological polar surface area (TPSA) is 114 Å². The molecule has 0 spiro atoms. The van der Waals surface area contributed by atoms with Crippen molar-refractivity contribution in [1.82, 2.24) is 0 Å². The molecule has 0 saturated carbocycles. The van der Waals surface area contributed by atoms with Crippen LogP contribution < -0.4 is 0 Å². The summed E-state index contributed by atoms with van der Waals surface area (Å²) in [6, 6.07) is 0. The maximum absolute atomic E-state index is 12.8. The van der Waals surface area contributed by atoms with Crippen molar-refractivity contribution in [3.05, 3.63) is 23.8 Å². The minimum Gasteiger partial charge on any atom is -0.466 e. The van der Waals surface area contributed by atoms with Gasteiger partial charge in [-0.25, -0.2) is 4.79 Å². The highest BCUT2D eigenvalue weighted by Crippen LogP contribution is 2.45. The molecule has 0 bridgehead atoms. The van der Waals surface area contributed by atoms with Crippen molar-refractivity contribution in [2.75, 3.05) is 19.0 Å². The van der Waals surface area contributed by atoms with Gasteiger partial charge < -0.3 is 23.7 Å². The zero-order chi connectivity index (χ0) is 34.5. The Morgan fingerprint density at radius 1 is 1.00 bits per heavy atom.